The van der Waals surface area contributed by atoms with Crippen LogP contribution in [0.4, 0.5) is 10.5 Å². The van der Waals surface area contributed by atoms with Crippen LogP contribution in [0.3, 0.4) is 0 Å². The average molecular weight is 205 g/mol. The van der Waals surface area contributed by atoms with Gasteiger partial charge in [0.2, 0.25) is 0 Å². The third kappa shape index (κ3) is 1.42. The molecule has 0 saturated carbocycles. The molecule has 0 aliphatic carbocycles. The molecule has 0 aromatic heterocycles. The van der Waals surface area contributed by atoms with Crippen molar-refractivity contribution in [3.05, 3.63) is 29.8 Å². The Morgan fingerprint density at radius 3 is 2.47 bits per heavy atom. The van der Waals surface area contributed by atoms with Crippen LogP contribution in [0.5, 0.6) is 0 Å². The van der Waals surface area contributed by atoms with E-state index < -0.39 is 0 Å². The molecule has 80 valence electrons. The highest BCUT2D eigenvalue weighted by atomic mass is 16.2. The number of carbonyl (C=O) groups is 1. The first-order valence-electron chi connectivity index (χ1n) is 4.92. The molecule has 2 amide bonds. The first-order chi connectivity index (χ1) is 7.04. The smallest absolute Gasteiger partial charge is 0.318 e. The van der Waals surface area contributed by atoms with Gasteiger partial charge in [-0.2, -0.15) is 0 Å². The summed E-state index contributed by atoms with van der Waals surface area (Å²) >= 11 is 0. The highest BCUT2D eigenvalue weighted by Gasteiger charge is 2.40. The standard InChI is InChI=1S/C11H15N3O/c1-11(7-13-10(15)14(11)2)8-3-5-9(12)6-4-8/h3-6H,7,12H2,1-2H3,(H,13,15). The van der Waals surface area contributed by atoms with Gasteiger partial charge in [-0.25, -0.2) is 4.79 Å². The van der Waals surface area contributed by atoms with Crippen molar-refractivity contribution >= 4 is 11.7 Å². The Labute approximate surface area is 89.1 Å². The van der Waals surface area contributed by atoms with Crippen LogP contribution in [0.15, 0.2) is 24.3 Å². The van der Waals surface area contributed by atoms with Crippen LogP contribution in [-0.2, 0) is 5.54 Å². The number of hydrogen-bond donors (Lipinski definition) is 2. The second-order valence-electron chi connectivity index (χ2n) is 4.11. The van der Waals surface area contributed by atoms with Gasteiger partial charge in [0.15, 0.2) is 0 Å². The van der Waals surface area contributed by atoms with Crippen molar-refractivity contribution in [3.63, 3.8) is 0 Å². The third-order valence-corrected chi connectivity index (χ3v) is 3.16. The fraction of sp³-hybridized carbons (Fsp3) is 0.364. The predicted octanol–water partition coefficient (Wildman–Crippen LogP) is 1.14. The summed E-state index contributed by atoms with van der Waals surface area (Å²) in [5.41, 5.74) is 7.19. The van der Waals surface area contributed by atoms with E-state index in [1.165, 1.54) is 0 Å². The summed E-state index contributed by atoms with van der Waals surface area (Å²) < 4.78 is 0. The van der Waals surface area contributed by atoms with Crippen LogP contribution in [0.1, 0.15) is 12.5 Å². The third-order valence-electron chi connectivity index (χ3n) is 3.16. The number of anilines is 1. The molecule has 0 radical (unpaired) electrons. The van der Waals surface area contributed by atoms with Crippen LogP contribution in [-0.4, -0.2) is 24.5 Å². The van der Waals surface area contributed by atoms with Crippen molar-refractivity contribution in [2.24, 2.45) is 0 Å². The van der Waals surface area contributed by atoms with Gasteiger partial charge in [-0.1, -0.05) is 12.1 Å². The lowest BCUT2D eigenvalue weighted by Crippen LogP contribution is -2.39. The largest absolute Gasteiger partial charge is 0.399 e. The van der Waals surface area contributed by atoms with Gasteiger partial charge in [-0.3, -0.25) is 0 Å². The van der Waals surface area contributed by atoms with Crippen molar-refractivity contribution in [3.8, 4) is 0 Å². The van der Waals surface area contributed by atoms with E-state index in [2.05, 4.69) is 5.32 Å². The SMILES string of the molecule is CN1C(=O)NCC1(C)c1ccc(N)cc1. The van der Waals surface area contributed by atoms with Gasteiger partial charge in [0.1, 0.15) is 0 Å². The van der Waals surface area contributed by atoms with Crippen molar-refractivity contribution < 1.29 is 4.79 Å². The minimum atomic E-state index is -0.273. The van der Waals surface area contributed by atoms with E-state index in [9.17, 15) is 4.79 Å². The number of nitrogens with one attached hydrogen (secondary N) is 1. The maximum Gasteiger partial charge on any atom is 0.318 e. The van der Waals surface area contributed by atoms with Gasteiger partial charge in [-0.05, 0) is 24.6 Å². The Bertz CT molecular complexity index is 387. The van der Waals surface area contributed by atoms with E-state index in [1.54, 1.807) is 11.9 Å². The molecule has 1 unspecified atom stereocenters. The van der Waals surface area contributed by atoms with Gasteiger partial charge in [-0.15, -0.1) is 0 Å². The van der Waals surface area contributed by atoms with E-state index in [1.807, 2.05) is 31.2 Å². The zero-order chi connectivity index (χ0) is 11.1. The highest BCUT2D eigenvalue weighted by Crippen LogP contribution is 2.30. The van der Waals surface area contributed by atoms with E-state index in [0.29, 0.717) is 6.54 Å². The zero-order valence-electron chi connectivity index (χ0n) is 8.95. The zero-order valence-corrected chi connectivity index (χ0v) is 8.95. The van der Waals surface area contributed by atoms with Crippen molar-refractivity contribution in [1.29, 1.82) is 0 Å². The van der Waals surface area contributed by atoms with Crippen molar-refractivity contribution in [1.82, 2.24) is 10.2 Å². The first-order valence-corrected chi connectivity index (χ1v) is 4.92. The van der Waals surface area contributed by atoms with Crippen molar-refractivity contribution in [2.75, 3.05) is 19.3 Å². The minimum absolute atomic E-state index is 0.0330. The van der Waals surface area contributed by atoms with Gasteiger partial charge < -0.3 is 16.0 Å². The topological polar surface area (TPSA) is 58.4 Å². The van der Waals surface area contributed by atoms with Crippen LogP contribution < -0.4 is 11.1 Å². The molecule has 2 rings (SSSR count). The second kappa shape index (κ2) is 3.15. The van der Waals surface area contributed by atoms with E-state index in [-0.39, 0.29) is 11.6 Å². The Balaban J connectivity index is 2.38. The number of urea groups is 1. The number of nitrogens with two attached hydrogens (primary N) is 1. The molecule has 4 nitrogen and oxygen atoms in total. The number of nitrogen functional groups attached to an aromatic ring is 1. The van der Waals surface area contributed by atoms with Gasteiger partial charge in [0, 0.05) is 19.3 Å². The Morgan fingerprint density at radius 2 is 2.00 bits per heavy atom. The van der Waals surface area contributed by atoms with Crippen molar-refractivity contribution in [2.45, 2.75) is 12.5 Å². The first kappa shape index (κ1) is 9.83. The molecule has 3 N–H and O–H groups in total. The van der Waals surface area contributed by atoms with E-state index in [4.69, 9.17) is 5.73 Å². The Morgan fingerprint density at radius 1 is 1.40 bits per heavy atom. The molecule has 1 heterocycles. The molecule has 1 aliphatic heterocycles. The Hall–Kier alpha value is -1.71. The van der Waals surface area contributed by atoms with E-state index >= 15 is 0 Å². The van der Waals surface area contributed by atoms with Crippen LogP contribution in [0.25, 0.3) is 0 Å². The number of rotatable bonds is 1. The quantitative estimate of drug-likeness (QED) is 0.675. The molecule has 1 atom stereocenters. The fourth-order valence-corrected chi connectivity index (χ4v) is 1.85. The molecule has 0 bridgehead atoms. The molecule has 1 aromatic carbocycles. The lowest BCUT2D eigenvalue weighted by Gasteiger charge is -2.31. The summed E-state index contributed by atoms with van der Waals surface area (Å²) in [6.07, 6.45) is 0. The normalized spacial score (nSPS) is 25.5. The number of benzene rings is 1. The monoisotopic (exact) mass is 205 g/mol. The number of nitrogens with zero attached hydrogens (tertiary/aromatic N) is 1. The number of amides is 2. The molecule has 4 heteroatoms. The second-order valence-corrected chi connectivity index (χ2v) is 4.11. The molecule has 1 fully saturated rings. The predicted molar refractivity (Wildman–Crippen MR) is 59.4 cm³/mol. The molecule has 0 spiro atoms. The van der Waals surface area contributed by atoms with Gasteiger partial charge >= 0.3 is 6.03 Å². The lowest BCUT2D eigenvalue weighted by molar-refractivity contribution is 0.189. The van der Waals surface area contributed by atoms with Gasteiger partial charge in [0.25, 0.3) is 0 Å². The maximum absolute atomic E-state index is 11.4. The van der Waals surface area contributed by atoms with Crippen LogP contribution >= 0.6 is 0 Å². The maximum atomic E-state index is 11.4. The average Bonchev–Trinajstić information content (AvgIpc) is 2.48. The molecular weight excluding hydrogens is 190 g/mol. The van der Waals surface area contributed by atoms with E-state index in [0.717, 1.165) is 11.3 Å². The number of likely N-dealkylation sites (N-methyl/N-ethyl adjacent to an activating group) is 1. The molecule has 1 aliphatic rings. The molecular formula is C11H15N3O. The summed E-state index contributed by atoms with van der Waals surface area (Å²) in [6.45, 7) is 2.67. The number of carbonyl (C=O) groups excluding carboxylic acids is 1. The molecule has 1 saturated heterocycles. The van der Waals surface area contributed by atoms with Crippen LogP contribution in [0, 0.1) is 0 Å². The minimum Gasteiger partial charge on any atom is -0.399 e. The fourth-order valence-electron chi connectivity index (χ4n) is 1.85. The highest BCUT2D eigenvalue weighted by molar-refractivity contribution is 5.78. The summed E-state index contributed by atoms with van der Waals surface area (Å²) in [5.74, 6) is 0. The summed E-state index contributed by atoms with van der Waals surface area (Å²) in [4.78, 5) is 13.1. The Kier molecular flexibility index (Phi) is 2.07. The molecule has 15 heavy (non-hydrogen) atoms. The molecule has 1 aromatic rings. The van der Waals surface area contributed by atoms with Crippen LogP contribution in [0.2, 0.25) is 0 Å². The number of hydrogen-bond acceptors (Lipinski definition) is 2. The van der Waals surface area contributed by atoms with Gasteiger partial charge in [0.05, 0.1) is 5.54 Å². The lowest BCUT2D eigenvalue weighted by atomic mass is 9.92. The summed E-state index contributed by atoms with van der Waals surface area (Å²) in [7, 11) is 1.80. The summed E-state index contributed by atoms with van der Waals surface area (Å²) in [6, 6.07) is 7.61. The summed E-state index contributed by atoms with van der Waals surface area (Å²) in [5, 5.41) is 2.83.